The summed E-state index contributed by atoms with van der Waals surface area (Å²) in [4.78, 5) is 12.9. The van der Waals surface area contributed by atoms with E-state index in [1.165, 1.54) is 12.1 Å². The molecule has 0 radical (unpaired) electrons. The van der Waals surface area contributed by atoms with Crippen molar-refractivity contribution in [1.29, 1.82) is 0 Å². The molecule has 0 aliphatic rings. The van der Waals surface area contributed by atoms with E-state index in [0.717, 1.165) is 22.8 Å². The highest BCUT2D eigenvalue weighted by Gasteiger charge is 2.11. The topological polar surface area (TPSA) is 48.5 Å². The molecule has 3 heterocycles. The van der Waals surface area contributed by atoms with E-state index in [4.69, 9.17) is 0 Å². The van der Waals surface area contributed by atoms with Gasteiger partial charge >= 0.3 is 0 Å². The van der Waals surface area contributed by atoms with Crippen LogP contribution in [0.15, 0.2) is 79.8 Å². The van der Waals surface area contributed by atoms with Crippen molar-refractivity contribution in [1.82, 2.24) is 24.1 Å². The summed E-state index contributed by atoms with van der Waals surface area (Å²) >= 11 is 0. The summed E-state index contributed by atoms with van der Waals surface area (Å²) in [6.07, 6.45) is 8.57. The SMILES string of the molecule is Fc1ccc(-c2ccnc(-n3cnc4cc(-n5ccnc5)ccc43)c2)c(F)c1. The third kappa shape index (κ3) is 2.73. The van der Waals surface area contributed by atoms with E-state index in [9.17, 15) is 8.78 Å². The number of halogens is 2. The molecule has 0 saturated carbocycles. The van der Waals surface area contributed by atoms with Gasteiger partial charge in [0.2, 0.25) is 0 Å². The molecule has 0 saturated heterocycles. The summed E-state index contributed by atoms with van der Waals surface area (Å²) in [6.45, 7) is 0. The number of nitrogens with zero attached hydrogens (tertiary/aromatic N) is 5. The van der Waals surface area contributed by atoms with E-state index in [1.54, 1.807) is 37.2 Å². The number of benzene rings is 2. The standard InChI is InChI=1S/C21H13F2N5/c22-15-1-3-17(18(23)10-15)14-5-6-25-21(9-14)28-13-26-19-11-16(2-4-20(19)28)27-8-7-24-12-27/h1-13H. The molecule has 0 atom stereocenters. The lowest BCUT2D eigenvalue weighted by atomic mass is 10.1. The normalized spacial score (nSPS) is 11.2. The molecule has 0 amide bonds. The molecule has 0 N–H and O–H groups in total. The fourth-order valence-corrected chi connectivity index (χ4v) is 3.20. The van der Waals surface area contributed by atoms with Crippen molar-refractivity contribution in [2.45, 2.75) is 0 Å². The van der Waals surface area contributed by atoms with Crippen LogP contribution in [-0.2, 0) is 0 Å². The van der Waals surface area contributed by atoms with Gasteiger partial charge in [-0.05, 0) is 48.0 Å². The van der Waals surface area contributed by atoms with Crippen LogP contribution in [0.25, 0.3) is 33.7 Å². The van der Waals surface area contributed by atoms with Gasteiger partial charge in [-0.1, -0.05) is 0 Å². The van der Waals surface area contributed by atoms with Gasteiger partial charge in [0.1, 0.15) is 23.8 Å². The Balaban J connectivity index is 1.59. The largest absolute Gasteiger partial charge is 0.306 e. The lowest BCUT2D eigenvalue weighted by Crippen LogP contribution is -1.97. The van der Waals surface area contributed by atoms with E-state index in [-0.39, 0.29) is 0 Å². The molecule has 5 nitrogen and oxygen atoms in total. The monoisotopic (exact) mass is 373 g/mol. The van der Waals surface area contributed by atoms with Crippen molar-refractivity contribution >= 4 is 11.0 Å². The Bertz CT molecular complexity index is 1290. The summed E-state index contributed by atoms with van der Waals surface area (Å²) in [7, 11) is 0. The molecule has 5 rings (SSSR count). The van der Waals surface area contributed by atoms with E-state index in [0.29, 0.717) is 16.9 Å². The van der Waals surface area contributed by atoms with Gasteiger partial charge in [-0.2, -0.15) is 0 Å². The van der Waals surface area contributed by atoms with Crippen molar-refractivity contribution < 1.29 is 8.78 Å². The van der Waals surface area contributed by atoms with Gasteiger partial charge in [0, 0.05) is 35.9 Å². The van der Waals surface area contributed by atoms with Crippen LogP contribution in [0.2, 0.25) is 0 Å². The first-order valence-corrected chi connectivity index (χ1v) is 8.56. The Kier molecular flexibility index (Phi) is 3.72. The molecule has 0 unspecified atom stereocenters. The Labute approximate surface area is 158 Å². The van der Waals surface area contributed by atoms with Gasteiger partial charge in [0.05, 0.1) is 17.4 Å². The van der Waals surface area contributed by atoms with Crippen LogP contribution in [0.5, 0.6) is 0 Å². The molecule has 5 aromatic rings. The van der Waals surface area contributed by atoms with Crippen LogP contribution in [0.3, 0.4) is 0 Å². The zero-order valence-electron chi connectivity index (χ0n) is 14.5. The van der Waals surface area contributed by atoms with Crippen molar-refractivity contribution in [3.8, 4) is 22.6 Å². The quantitative estimate of drug-likeness (QED) is 0.466. The summed E-state index contributed by atoms with van der Waals surface area (Å²) in [5.74, 6) is -0.624. The smallest absolute Gasteiger partial charge is 0.138 e. The lowest BCUT2D eigenvalue weighted by molar-refractivity contribution is 0.585. The predicted octanol–water partition coefficient (Wildman–Crippen LogP) is 4.55. The predicted molar refractivity (Wildman–Crippen MR) is 101 cm³/mol. The summed E-state index contributed by atoms with van der Waals surface area (Å²) in [5.41, 5.74) is 3.54. The van der Waals surface area contributed by atoms with E-state index < -0.39 is 11.6 Å². The second-order valence-electron chi connectivity index (χ2n) is 6.28. The van der Waals surface area contributed by atoms with Crippen molar-refractivity contribution in [3.05, 3.63) is 91.4 Å². The zero-order chi connectivity index (χ0) is 19.1. The first-order chi connectivity index (χ1) is 13.7. The summed E-state index contributed by atoms with van der Waals surface area (Å²) in [6, 6.07) is 12.8. The minimum atomic E-state index is -0.613. The highest BCUT2D eigenvalue weighted by molar-refractivity contribution is 5.79. The molecule has 0 aliphatic carbocycles. The number of fused-ring (bicyclic) bond motifs is 1. The lowest BCUT2D eigenvalue weighted by Gasteiger charge is -2.08. The first-order valence-electron chi connectivity index (χ1n) is 8.56. The van der Waals surface area contributed by atoms with Crippen LogP contribution in [0.4, 0.5) is 8.78 Å². The number of rotatable bonds is 3. The average Bonchev–Trinajstić information content (AvgIpc) is 3.37. The van der Waals surface area contributed by atoms with E-state index >= 15 is 0 Å². The van der Waals surface area contributed by atoms with Gasteiger partial charge in [0.25, 0.3) is 0 Å². The van der Waals surface area contributed by atoms with Crippen molar-refractivity contribution in [2.75, 3.05) is 0 Å². The van der Waals surface area contributed by atoms with Gasteiger partial charge in [-0.15, -0.1) is 0 Å². The van der Waals surface area contributed by atoms with Crippen LogP contribution in [0.1, 0.15) is 0 Å². The van der Waals surface area contributed by atoms with Crippen LogP contribution >= 0.6 is 0 Å². The van der Waals surface area contributed by atoms with Crippen LogP contribution in [-0.4, -0.2) is 24.1 Å². The molecule has 28 heavy (non-hydrogen) atoms. The Morgan fingerprint density at radius 3 is 2.57 bits per heavy atom. The van der Waals surface area contributed by atoms with Crippen LogP contribution < -0.4 is 0 Å². The minimum Gasteiger partial charge on any atom is -0.306 e. The first kappa shape index (κ1) is 16.3. The second kappa shape index (κ2) is 6.38. The Morgan fingerprint density at radius 2 is 1.75 bits per heavy atom. The van der Waals surface area contributed by atoms with Crippen molar-refractivity contribution in [2.24, 2.45) is 0 Å². The number of aromatic nitrogens is 5. The third-order valence-electron chi connectivity index (χ3n) is 4.57. The molecular weight excluding hydrogens is 360 g/mol. The fourth-order valence-electron chi connectivity index (χ4n) is 3.20. The molecular formula is C21H13F2N5. The average molecular weight is 373 g/mol. The maximum absolute atomic E-state index is 14.2. The molecule has 136 valence electrons. The molecule has 2 aromatic carbocycles. The summed E-state index contributed by atoms with van der Waals surface area (Å²) < 4.78 is 31.1. The third-order valence-corrected chi connectivity index (χ3v) is 4.57. The number of hydrogen-bond donors (Lipinski definition) is 0. The van der Waals surface area contributed by atoms with Gasteiger partial charge in [-0.25, -0.2) is 23.7 Å². The maximum Gasteiger partial charge on any atom is 0.138 e. The molecule has 0 aliphatic heterocycles. The van der Waals surface area contributed by atoms with Gasteiger partial charge in [-0.3, -0.25) is 4.57 Å². The fraction of sp³-hybridized carbons (Fsp3) is 0. The maximum atomic E-state index is 14.2. The molecule has 3 aromatic heterocycles. The van der Waals surface area contributed by atoms with Gasteiger partial charge in [0.15, 0.2) is 0 Å². The van der Waals surface area contributed by atoms with Crippen LogP contribution in [0, 0.1) is 11.6 Å². The highest BCUT2D eigenvalue weighted by Crippen LogP contribution is 2.26. The number of hydrogen-bond acceptors (Lipinski definition) is 3. The number of imidazole rings is 2. The van der Waals surface area contributed by atoms with E-state index in [1.807, 2.05) is 33.5 Å². The Hall–Kier alpha value is -3.87. The number of pyridine rings is 1. The molecule has 0 spiro atoms. The van der Waals surface area contributed by atoms with Crippen molar-refractivity contribution in [3.63, 3.8) is 0 Å². The van der Waals surface area contributed by atoms with E-state index in [2.05, 4.69) is 15.0 Å². The molecule has 0 bridgehead atoms. The van der Waals surface area contributed by atoms with Gasteiger partial charge < -0.3 is 4.57 Å². The zero-order valence-corrected chi connectivity index (χ0v) is 14.5. The Morgan fingerprint density at radius 1 is 0.821 bits per heavy atom. The summed E-state index contributed by atoms with van der Waals surface area (Å²) in [5, 5.41) is 0. The minimum absolute atomic E-state index is 0.317. The molecule has 7 heteroatoms. The molecule has 0 fully saturated rings. The second-order valence-corrected chi connectivity index (χ2v) is 6.28. The highest BCUT2D eigenvalue weighted by atomic mass is 19.1.